The van der Waals surface area contributed by atoms with Crippen molar-refractivity contribution in [2.45, 2.75) is 12.8 Å². The van der Waals surface area contributed by atoms with Crippen LogP contribution in [0.2, 0.25) is 0 Å². The van der Waals surface area contributed by atoms with Gasteiger partial charge in [0.2, 0.25) is 0 Å². The molecule has 0 aliphatic carbocycles. The van der Waals surface area contributed by atoms with Gasteiger partial charge in [-0.15, -0.1) is 9.78 Å². The lowest BCUT2D eigenvalue weighted by molar-refractivity contribution is -0.363. The van der Waals surface area contributed by atoms with Crippen LogP contribution in [0.1, 0.15) is 33.6 Å². The van der Waals surface area contributed by atoms with E-state index in [1.807, 2.05) is 0 Å². The quantitative estimate of drug-likeness (QED) is 0.544. The van der Waals surface area contributed by atoms with E-state index in [1.165, 1.54) is 0 Å². The van der Waals surface area contributed by atoms with E-state index in [0.29, 0.717) is 17.5 Å². The predicted molar refractivity (Wildman–Crippen MR) is 83.7 cm³/mol. The summed E-state index contributed by atoms with van der Waals surface area (Å²) in [6.45, 7) is 3.63. The summed E-state index contributed by atoms with van der Waals surface area (Å²) in [4.78, 5) is 42.5. The normalized spacial score (nSPS) is 10.4. The van der Waals surface area contributed by atoms with Gasteiger partial charge in [0.15, 0.2) is 0 Å². The van der Waals surface area contributed by atoms with Crippen molar-refractivity contribution in [1.82, 2.24) is 0 Å². The van der Waals surface area contributed by atoms with Gasteiger partial charge in [0.1, 0.15) is 0 Å². The minimum Gasteiger partial charge on any atom is -0.289 e. The van der Waals surface area contributed by atoms with Crippen LogP contribution in [0.25, 0.3) is 0 Å². The zero-order valence-electron chi connectivity index (χ0n) is 12.8. The monoisotopic (exact) mass is 328 g/mol. The Kier molecular flexibility index (Phi) is 6.94. The van der Waals surface area contributed by atoms with Crippen LogP contribution in [0.15, 0.2) is 60.7 Å². The number of hydrogen-bond acceptors (Lipinski definition) is 6. The Labute approximate surface area is 139 Å². The molecule has 0 spiro atoms. The Morgan fingerprint density at radius 3 is 1.50 bits per heavy atom. The van der Waals surface area contributed by atoms with Crippen molar-refractivity contribution >= 4 is 11.9 Å². The molecule has 0 aliphatic heterocycles. The third kappa shape index (κ3) is 5.49. The first kappa shape index (κ1) is 17.7. The molecule has 0 fully saturated rings. The zero-order valence-corrected chi connectivity index (χ0v) is 12.8. The molecule has 0 aromatic heterocycles. The average molecular weight is 328 g/mol. The molecule has 0 unspecified atom stereocenters. The molecule has 0 N–H and O–H groups in total. The molecular formula is C18H16O6. The van der Waals surface area contributed by atoms with Crippen molar-refractivity contribution in [3.63, 3.8) is 0 Å². The van der Waals surface area contributed by atoms with Gasteiger partial charge in [0, 0.05) is 6.42 Å². The highest BCUT2D eigenvalue weighted by Gasteiger charge is 2.20. The van der Waals surface area contributed by atoms with Gasteiger partial charge in [-0.1, -0.05) is 43.3 Å². The Morgan fingerprint density at radius 1 is 0.708 bits per heavy atom. The highest BCUT2D eigenvalue weighted by molar-refractivity contribution is 5.89. The largest absolute Gasteiger partial charge is 0.373 e. The van der Waals surface area contributed by atoms with Gasteiger partial charge in [-0.3, -0.25) is 9.78 Å². The lowest BCUT2D eigenvalue weighted by atomic mass is 10.2. The van der Waals surface area contributed by atoms with Gasteiger partial charge in [-0.2, -0.15) is 0 Å². The van der Waals surface area contributed by atoms with Gasteiger partial charge in [-0.05, 0) is 30.7 Å². The van der Waals surface area contributed by atoms with E-state index in [0.717, 1.165) is 0 Å². The summed E-state index contributed by atoms with van der Waals surface area (Å²) in [7, 11) is 0. The van der Waals surface area contributed by atoms with Crippen LogP contribution >= 0.6 is 0 Å². The first-order valence-corrected chi connectivity index (χ1v) is 7.23. The molecule has 6 heteroatoms. The molecule has 2 aromatic rings. The molecule has 2 radical (unpaired) electrons. The molecule has 24 heavy (non-hydrogen) atoms. The van der Waals surface area contributed by atoms with Crippen molar-refractivity contribution < 1.29 is 29.1 Å². The molecular weight excluding hydrogens is 312 g/mol. The Balaban J connectivity index is 1.83. The topological polar surface area (TPSA) is 71.1 Å². The van der Waals surface area contributed by atoms with Gasteiger partial charge in [0.05, 0.1) is 11.1 Å². The van der Waals surface area contributed by atoms with Gasteiger partial charge >= 0.3 is 18.2 Å². The van der Waals surface area contributed by atoms with E-state index in [1.54, 1.807) is 60.7 Å². The molecule has 6 nitrogen and oxygen atoms in total. The van der Waals surface area contributed by atoms with Crippen molar-refractivity contribution in [2.75, 3.05) is 0 Å². The second-order valence-electron chi connectivity index (χ2n) is 4.62. The fourth-order valence-electron chi connectivity index (χ4n) is 1.65. The van der Waals surface area contributed by atoms with Crippen LogP contribution < -0.4 is 0 Å². The summed E-state index contributed by atoms with van der Waals surface area (Å²) < 4.78 is 0. The predicted octanol–water partition coefficient (Wildman–Crippen LogP) is 3.67. The van der Waals surface area contributed by atoms with Crippen LogP contribution in [0, 0.1) is 13.2 Å². The highest BCUT2D eigenvalue weighted by Crippen LogP contribution is 2.16. The third-order valence-corrected chi connectivity index (χ3v) is 2.82. The maximum atomic E-state index is 11.8. The molecule has 0 heterocycles. The smallest absolute Gasteiger partial charge is 0.289 e. The molecule has 0 bridgehead atoms. The molecule has 0 saturated carbocycles. The van der Waals surface area contributed by atoms with E-state index in [4.69, 9.17) is 9.78 Å². The zero-order chi connectivity index (χ0) is 17.2. The number of carbonyl (C=O) groups is 2. The van der Waals surface area contributed by atoms with E-state index in [-0.39, 0.29) is 12.7 Å². The van der Waals surface area contributed by atoms with E-state index >= 15 is 0 Å². The summed E-state index contributed by atoms with van der Waals surface area (Å²) in [6.07, 6.45) is 0.393. The SMILES string of the molecule is [CH2]CC[C](OOC(=O)c1ccccc1)OOC(=O)c1ccccc1. The van der Waals surface area contributed by atoms with Crippen molar-refractivity contribution in [3.05, 3.63) is 85.0 Å². The van der Waals surface area contributed by atoms with Crippen LogP contribution in [-0.2, 0) is 19.6 Å². The van der Waals surface area contributed by atoms with Crippen molar-refractivity contribution in [3.8, 4) is 0 Å². The third-order valence-electron chi connectivity index (χ3n) is 2.82. The number of rotatable bonds is 8. The van der Waals surface area contributed by atoms with Crippen LogP contribution in [0.3, 0.4) is 0 Å². The number of hydrogen-bond donors (Lipinski definition) is 0. The highest BCUT2D eigenvalue weighted by atomic mass is 17.3. The molecule has 0 aliphatic rings. The minimum atomic E-state index is -0.699. The fourth-order valence-corrected chi connectivity index (χ4v) is 1.65. The van der Waals surface area contributed by atoms with Gasteiger partial charge < -0.3 is 0 Å². The summed E-state index contributed by atoms with van der Waals surface area (Å²) in [5, 5.41) is 0. The van der Waals surface area contributed by atoms with Crippen molar-refractivity contribution in [2.24, 2.45) is 0 Å². The first-order valence-electron chi connectivity index (χ1n) is 7.23. The summed E-state index contributed by atoms with van der Waals surface area (Å²) in [5.74, 6) is -1.40. The maximum absolute atomic E-state index is 11.8. The van der Waals surface area contributed by atoms with E-state index < -0.39 is 11.9 Å². The molecule has 2 rings (SSSR count). The minimum absolute atomic E-state index is 0.182. The van der Waals surface area contributed by atoms with E-state index in [2.05, 4.69) is 16.7 Å². The lowest BCUT2D eigenvalue weighted by Gasteiger charge is -2.12. The Morgan fingerprint density at radius 2 is 1.12 bits per heavy atom. The second-order valence-corrected chi connectivity index (χ2v) is 4.62. The standard InChI is InChI=1S/C18H16O6/c1-2-9-16(21-23-17(19)14-10-5-3-6-11-14)22-24-18(20)15-12-7-4-8-13-15/h3-8,10-13H,1-2,9H2. The second kappa shape index (κ2) is 9.44. The first-order chi connectivity index (χ1) is 11.7. The van der Waals surface area contributed by atoms with E-state index in [9.17, 15) is 9.59 Å². The van der Waals surface area contributed by atoms with Gasteiger partial charge in [0.25, 0.3) is 0 Å². The summed E-state index contributed by atoms with van der Waals surface area (Å²) in [5.41, 5.74) is 0.625. The Bertz CT molecular complexity index is 586. The Hall–Kier alpha value is -2.70. The molecule has 2 aromatic carbocycles. The van der Waals surface area contributed by atoms with Crippen molar-refractivity contribution in [1.29, 1.82) is 0 Å². The van der Waals surface area contributed by atoms with Gasteiger partial charge in [-0.25, -0.2) is 9.59 Å². The summed E-state index contributed by atoms with van der Waals surface area (Å²) >= 11 is 0. The van der Waals surface area contributed by atoms with Crippen LogP contribution in [-0.4, -0.2) is 11.9 Å². The number of carbonyl (C=O) groups excluding carboxylic acids is 2. The van der Waals surface area contributed by atoms with Crippen LogP contribution in [0.4, 0.5) is 0 Å². The molecule has 0 atom stereocenters. The lowest BCUT2D eigenvalue weighted by Crippen LogP contribution is -2.16. The summed E-state index contributed by atoms with van der Waals surface area (Å²) in [6, 6.07) is 16.6. The molecule has 0 amide bonds. The van der Waals surface area contributed by atoms with Crippen LogP contribution in [0.5, 0.6) is 0 Å². The molecule has 124 valence electrons. The average Bonchev–Trinajstić information content (AvgIpc) is 2.65. The fraction of sp³-hybridized carbons (Fsp3) is 0.111. The molecule has 0 saturated heterocycles. The maximum Gasteiger partial charge on any atom is 0.373 e. The number of benzene rings is 2.